The van der Waals surface area contributed by atoms with Gasteiger partial charge >= 0.3 is 5.97 Å². The summed E-state index contributed by atoms with van der Waals surface area (Å²) in [4.78, 5) is 32.2. The first kappa shape index (κ1) is 22.3. The lowest BCUT2D eigenvalue weighted by Gasteiger charge is -2.25. The van der Waals surface area contributed by atoms with Crippen LogP contribution in [0.4, 0.5) is 0 Å². The van der Waals surface area contributed by atoms with Gasteiger partial charge < -0.3 is 14.2 Å². The molecular formula is C28H22N2O5S. The number of aromatic nitrogens is 1. The molecule has 0 saturated heterocycles. The quantitative estimate of drug-likeness (QED) is 0.401. The highest BCUT2D eigenvalue weighted by Crippen LogP contribution is 2.35. The predicted molar refractivity (Wildman–Crippen MR) is 137 cm³/mol. The summed E-state index contributed by atoms with van der Waals surface area (Å²) in [5.41, 5.74) is 2.36. The van der Waals surface area contributed by atoms with E-state index >= 15 is 0 Å². The van der Waals surface area contributed by atoms with E-state index in [9.17, 15) is 9.59 Å². The van der Waals surface area contributed by atoms with Crippen LogP contribution in [0.25, 0.3) is 16.8 Å². The van der Waals surface area contributed by atoms with Crippen molar-refractivity contribution in [3.8, 4) is 11.5 Å². The molecule has 1 atom stereocenters. The molecule has 0 unspecified atom stereocenters. The Labute approximate surface area is 210 Å². The fraction of sp³-hybridized carbons (Fsp3) is 0.179. The van der Waals surface area contributed by atoms with Crippen molar-refractivity contribution in [3.05, 3.63) is 103 Å². The summed E-state index contributed by atoms with van der Waals surface area (Å²) in [6.45, 7) is 3.97. The van der Waals surface area contributed by atoms with E-state index in [0.29, 0.717) is 32.1 Å². The van der Waals surface area contributed by atoms with Crippen LogP contribution >= 0.6 is 11.3 Å². The molecule has 3 heterocycles. The first-order valence-corrected chi connectivity index (χ1v) is 12.4. The van der Waals surface area contributed by atoms with E-state index in [1.165, 1.54) is 11.3 Å². The smallest absolute Gasteiger partial charge is 0.338 e. The minimum atomic E-state index is -0.662. The number of fused-ring (bicyclic) bond motifs is 3. The molecular weight excluding hydrogens is 476 g/mol. The zero-order chi connectivity index (χ0) is 24.8. The summed E-state index contributed by atoms with van der Waals surface area (Å²) in [5, 5.41) is 1.99. The van der Waals surface area contributed by atoms with Crippen molar-refractivity contribution in [2.75, 3.05) is 13.4 Å². The van der Waals surface area contributed by atoms with Crippen molar-refractivity contribution < 1.29 is 19.0 Å². The van der Waals surface area contributed by atoms with Crippen LogP contribution in [0.15, 0.2) is 81.7 Å². The second kappa shape index (κ2) is 8.80. The number of hydrogen-bond acceptors (Lipinski definition) is 7. The second-order valence-electron chi connectivity index (χ2n) is 8.48. The summed E-state index contributed by atoms with van der Waals surface area (Å²) in [6.07, 6.45) is 1.81. The molecule has 36 heavy (non-hydrogen) atoms. The molecule has 0 fully saturated rings. The number of ether oxygens (including phenoxy) is 3. The lowest BCUT2D eigenvalue weighted by atomic mass is 9.91. The molecule has 8 heteroatoms. The Hall–Kier alpha value is -4.17. The Morgan fingerprint density at radius 2 is 1.94 bits per heavy atom. The first-order valence-electron chi connectivity index (χ1n) is 11.6. The standard InChI is InChI=1S/C28H22N2O5S/c1-3-33-27(32)24-16(2)29-28-30(25(24)20-10-6-8-18-7-4-5-9-19(18)20)26(31)23(36-28)14-17-11-12-21-22(13-17)35-15-34-21/h4-14,25H,3,15H2,1-2H3/t25-/m1/s1. The molecule has 3 aromatic carbocycles. The third kappa shape index (κ3) is 3.61. The van der Waals surface area contributed by atoms with Crippen molar-refractivity contribution in [2.45, 2.75) is 19.9 Å². The molecule has 7 nitrogen and oxygen atoms in total. The number of benzene rings is 3. The minimum Gasteiger partial charge on any atom is -0.463 e. The molecule has 0 N–H and O–H groups in total. The number of nitrogens with zero attached hydrogens (tertiary/aromatic N) is 2. The maximum atomic E-state index is 13.9. The predicted octanol–water partition coefficient (Wildman–Crippen LogP) is 3.68. The second-order valence-corrected chi connectivity index (χ2v) is 9.49. The lowest BCUT2D eigenvalue weighted by molar-refractivity contribution is -0.139. The van der Waals surface area contributed by atoms with Crippen LogP contribution < -0.4 is 24.4 Å². The number of allylic oxidation sites excluding steroid dienone is 1. The van der Waals surface area contributed by atoms with Crippen molar-refractivity contribution >= 4 is 34.2 Å². The van der Waals surface area contributed by atoms with Crippen LogP contribution in [0.5, 0.6) is 11.5 Å². The number of carbonyl (C=O) groups excluding carboxylic acids is 1. The van der Waals surface area contributed by atoms with Gasteiger partial charge in [-0.2, -0.15) is 0 Å². The fourth-order valence-corrected chi connectivity index (χ4v) is 5.78. The normalized spacial score (nSPS) is 16.7. The molecule has 0 bridgehead atoms. The van der Waals surface area contributed by atoms with E-state index in [0.717, 1.165) is 21.9 Å². The van der Waals surface area contributed by atoms with E-state index in [2.05, 4.69) is 4.99 Å². The lowest BCUT2D eigenvalue weighted by Crippen LogP contribution is -2.40. The Balaban J connectivity index is 1.59. The number of thiazole rings is 1. The first-order chi connectivity index (χ1) is 17.5. The minimum absolute atomic E-state index is 0.182. The number of esters is 1. The fourth-order valence-electron chi connectivity index (χ4n) is 4.73. The molecule has 0 amide bonds. The van der Waals surface area contributed by atoms with Gasteiger partial charge in [0.15, 0.2) is 16.3 Å². The maximum Gasteiger partial charge on any atom is 0.338 e. The SMILES string of the molecule is CCOC(=O)C1=C(C)N=c2sc(=Cc3ccc4c(c3)OCO4)c(=O)n2[C@@H]1c1cccc2ccccc12. The van der Waals surface area contributed by atoms with Crippen molar-refractivity contribution in [2.24, 2.45) is 4.99 Å². The third-order valence-electron chi connectivity index (χ3n) is 6.33. The average Bonchev–Trinajstić information content (AvgIpc) is 3.47. The molecule has 1 aromatic heterocycles. The number of hydrogen-bond donors (Lipinski definition) is 0. The number of carbonyl (C=O) groups is 1. The van der Waals surface area contributed by atoms with Crippen LogP contribution in [0.1, 0.15) is 31.0 Å². The molecule has 180 valence electrons. The van der Waals surface area contributed by atoms with E-state index in [4.69, 9.17) is 14.2 Å². The van der Waals surface area contributed by atoms with E-state index in [1.54, 1.807) is 18.4 Å². The van der Waals surface area contributed by atoms with Crippen LogP contribution in [0, 0.1) is 0 Å². The van der Waals surface area contributed by atoms with Gasteiger partial charge in [0.2, 0.25) is 6.79 Å². The maximum absolute atomic E-state index is 13.9. The van der Waals surface area contributed by atoms with Gasteiger partial charge in [-0.15, -0.1) is 0 Å². The summed E-state index contributed by atoms with van der Waals surface area (Å²) in [7, 11) is 0. The molecule has 0 radical (unpaired) electrons. The van der Waals surface area contributed by atoms with E-state index in [-0.39, 0.29) is 19.0 Å². The van der Waals surface area contributed by atoms with Crippen molar-refractivity contribution in [3.63, 3.8) is 0 Å². The third-order valence-corrected chi connectivity index (χ3v) is 7.31. The topological polar surface area (TPSA) is 79.1 Å². The van der Waals surface area contributed by atoms with Gasteiger partial charge in [-0.1, -0.05) is 59.9 Å². The number of rotatable bonds is 4. The zero-order valence-electron chi connectivity index (χ0n) is 19.7. The van der Waals surface area contributed by atoms with Crippen LogP contribution in [0.3, 0.4) is 0 Å². The summed E-state index contributed by atoms with van der Waals surface area (Å²) in [6, 6.07) is 18.8. The Bertz CT molecular complexity index is 1740. The summed E-state index contributed by atoms with van der Waals surface area (Å²) >= 11 is 1.29. The Kier molecular flexibility index (Phi) is 5.45. The Morgan fingerprint density at radius 3 is 2.81 bits per heavy atom. The van der Waals surface area contributed by atoms with Crippen LogP contribution in [0.2, 0.25) is 0 Å². The van der Waals surface area contributed by atoms with Crippen molar-refractivity contribution in [1.29, 1.82) is 0 Å². The monoisotopic (exact) mass is 498 g/mol. The zero-order valence-corrected chi connectivity index (χ0v) is 20.5. The van der Waals surface area contributed by atoms with Gasteiger partial charge in [0.25, 0.3) is 5.56 Å². The van der Waals surface area contributed by atoms with Crippen LogP contribution in [-0.2, 0) is 9.53 Å². The van der Waals surface area contributed by atoms with E-state index < -0.39 is 12.0 Å². The Morgan fingerprint density at radius 1 is 1.14 bits per heavy atom. The highest BCUT2D eigenvalue weighted by molar-refractivity contribution is 7.07. The van der Waals surface area contributed by atoms with Gasteiger partial charge in [-0.25, -0.2) is 9.79 Å². The molecule has 0 aliphatic carbocycles. The molecule has 0 saturated carbocycles. The van der Waals surface area contributed by atoms with Gasteiger partial charge in [0, 0.05) is 0 Å². The van der Waals surface area contributed by atoms with Gasteiger partial charge in [0.05, 0.1) is 28.5 Å². The van der Waals surface area contributed by atoms with Crippen LogP contribution in [-0.4, -0.2) is 23.9 Å². The molecule has 6 rings (SSSR count). The molecule has 4 aromatic rings. The largest absolute Gasteiger partial charge is 0.463 e. The molecule has 0 spiro atoms. The summed E-state index contributed by atoms with van der Waals surface area (Å²) in [5.74, 6) is 0.853. The molecule has 2 aliphatic rings. The van der Waals surface area contributed by atoms with Gasteiger partial charge in [-0.05, 0) is 54.0 Å². The highest BCUT2D eigenvalue weighted by Gasteiger charge is 2.34. The summed E-state index contributed by atoms with van der Waals surface area (Å²) < 4.78 is 18.4. The highest BCUT2D eigenvalue weighted by atomic mass is 32.1. The van der Waals surface area contributed by atoms with Gasteiger partial charge in [-0.3, -0.25) is 9.36 Å². The van der Waals surface area contributed by atoms with Gasteiger partial charge in [0.1, 0.15) is 0 Å². The van der Waals surface area contributed by atoms with E-state index in [1.807, 2.05) is 66.7 Å². The average molecular weight is 499 g/mol. The van der Waals surface area contributed by atoms with Crippen molar-refractivity contribution in [1.82, 2.24) is 4.57 Å². The molecule has 2 aliphatic heterocycles.